The average Bonchev–Trinajstić information content (AvgIpc) is 2.83. The summed E-state index contributed by atoms with van der Waals surface area (Å²) in [6, 6.07) is 0.511. The quantitative estimate of drug-likeness (QED) is 0.679. The molecule has 72 valence electrons. The van der Waals surface area contributed by atoms with Crippen molar-refractivity contribution in [3.63, 3.8) is 0 Å². The first-order valence-electron chi connectivity index (χ1n) is 4.80. The molecular formula is C9H19NOS. The Hall–Kier alpha value is 0.110. The lowest BCUT2D eigenvalue weighted by molar-refractivity contribution is 0.546. The van der Waals surface area contributed by atoms with E-state index >= 15 is 0 Å². The Bertz CT molecular complexity index is 157. The van der Waals surface area contributed by atoms with Gasteiger partial charge in [0.25, 0.3) is 0 Å². The molecule has 0 aromatic carbocycles. The molecular weight excluding hydrogens is 170 g/mol. The molecule has 1 rings (SSSR count). The largest absolute Gasteiger partial charge is 0.316 e. The zero-order valence-corrected chi connectivity index (χ0v) is 8.82. The van der Waals surface area contributed by atoms with E-state index in [0.717, 1.165) is 23.8 Å². The summed E-state index contributed by atoms with van der Waals surface area (Å²) in [5, 5.41) is 3.26. The topological polar surface area (TPSA) is 29.1 Å². The lowest BCUT2D eigenvalue weighted by Crippen LogP contribution is -2.33. The van der Waals surface area contributed by atoms with Crippen molar-refractivity contribution < 1.29 is 4.21 Å². The second-order valence-electron chi connectivity index (χ2n) is 3.54. The van der Waals surface area contributed by atoms with Gasteiger partial charge < -0.3 is 5.32 Å². The molecule has 1 aliphatic rings. The third kappa shape index (κ3) is 3.23. The van der Waals surface area contributed by atoms with Gasteiger partial charge in [-0.15, -0.1) is 0 Å². The van der Waals surface area contributed by atoms with Crippen molar-refractivity contribution in [2.75, 3.05) is 18.6 Å². The Kier molecular flexibility index (Phi) is 4.22. The van der Waals surface area contributed by atoms with Crippen LogP contribution in [0.15, 0.2) is 0 Å². The summed E-state index contributed by atoms with van der Waals surface area (Å²) < 4.78 is 11.4. The van der Waals surface area contributed by atoms with Crippen molar-refractivity contribution >= 4 is 10.8 Å². The number of nitrogens with one attached hydrogen (secondary N) is 1. The smallest absolute Gasteiger partial charge is 0.0391 e. The summed E-state index contributed by atoms with van der Waals surface area (Å²) >= 11 is 0. The summed E-state index contributed by atoms with van der Waals surface area (Å²) in [6.07, 6.45) is 3.69. The molecule has 0 saturated heterocycles. The third-order valence-corrected chi connectivity index (χ3v) is 3.95. The molecule has 0 aromatic heterocycles. The molecule has 1 saturated carbocycles. The zero-order valence-electron chi connectivity index (χ0n) is 8.01. The molecule has 0 spiro atoms. The summed E-state index contributed by atoms with van der Waals surface area (Å²) in [5.74, 6) is 2.54. The molecule has 0 radical (unpaired) electrons. The van der Waals surface area contributed by atoms with Gasteiger partial charge in [0.2, 0.25) is 0 Å². The van der Waals surface area contributed by atoms with Crippen molar-refractivity contribution in [2.24, 2.45) is 5.92 Å². The van der Waals surface area contributed by atoms with Crippen LogP contribution in [0.5, 0.6) is 0 Å². The van der Waals surface area contributed by atoms with Gasteiger partial charge in [0.15, 0.2) is 0 Å². The lowest BCUT2D eigenvalue weighted by atomic mass is 10.2. The second-order valence-corrected chi connectivity index (χ2v) is 5.16. The predicted octanol–water partition coefficient (Wildman–Crippen LogP) is 1.14. The Morgan fingerprint density at radius 2 is 2.25 bits per heavy atom. The van der Waals surface area contributed by atoms with Crippen LogP contribution in [-0.2, 0) is 10.8 Å². The maximum atomic E-state index is 11.4. The van der Waals surface area contributed by atoms with Gasteiger partial charge in [-0.3, -0.25) is 4.21 Å². The van der Waals surface area contributed by atoms with Crippen LogP contribution < -0.4 is 5.32 Å². The molecule has 2 atom stereocenters. The minimum atomic E-state index is -0.593. The fraction of sp³-hybridized carbons (Fsp3) is 1.00. The minimum absolute atomic E-state index is 0.511. The maximum absolute atomic E-state index is 11.4. The van der Waals surface area contributed by atoms with Crippen LogP contribution in [-0.4, -0.2) is 28.8 Å². The monoisotopic (exact) mass is 189 g/mol. The van der Waals surface area contributed by atoms with Gasteiger partial charge in [-0.25, -0.2) is 0 Å². The van der Waals surface area contributed by atoms with Crippen LogP contribution in [0.25, 0.3) is 0 Å². The van der Waals surface area contributed by atoms with Gasteiger partial charge in [0.05, 0.1) is 0 Å². The van der Waals surface area contributed by atoms with Gasteiger partial charge in [0.1, 0.15) is 0 Å². The van der Waals surface area contributed by atoms with Crippen molar-refractivity contribution in [3.8, 4) is 0 Å². The SMILES string of the molecule is CCCS(=O)CC(NC)C1CC1. The molecule has 2 nitrogen and oxygen atoms in total. The van der Waals surface area contributed by atoms with Crippen molar-refractivity contribution in [2.45, 2.75) is 32.2 Å². The maximum Gasteiger partial charge on any atom is 0.0391 e. The summed E-state index contributed by atoms with van der Waals surface area (Å²) in [4.78, 5) is 0. The van der Waals surface area contributed by atoms with Crippen LogP contribution in [0.3, 0.4) is 0 Å². The molecule has 0 heterocycles. The molecule has 0 amide bonds. The van der Waals surface area contributed by atoms with Crippen LogP contribution in [0.4, 0.5) is 0 Å². The van der Waals surface area contributed by atoms with Crippen LogP contribution in [0.2, 0.25) is 0 Å². The van der Waals surface area contributed by atoms with E-state index in [0.29, 0.717) is 6.04 Å². The molecule has 1 fully saturated rings. The van der Waals surface area contributed by atoms with Crippen LogP contribution in [0.1, 0.15) is 26.2 Å². The summed E-state index contributed by atoms with van der Waals surface area (Å²) in [7, 11) is 1.39. The highest BCUT2D eigenvalue weighted by Crippen LogP contribution is 2.32. The Labute approximate surface area is 77.6 Å². The van der Waals surface area contributed by atoms with E-state index in [1.165, 1.54) is 12.8 Å². The fourth-order valence-electron chi connectivity index (χ4n) is 1.46. The number of hydrogen-bond donors (Lipinski definition) is 1. The summed E-state index contributed by atoms with van der Waals surface area (Å²) in [6.45, 7) is 2.09. The normalized spacial score (nSPS) is 22.2. The van der Waals surface area contributed by atoms with Gasteiger partial charge in [-0.1, -0.05) is 6.92 Å². The highest BCUT2D eigenvalue weighted by molar-refractivity contribution is 7.85. The molecule has 0 aliphatic heterocycles. The first kappa shape index (κ1) is 10.2. The third-order valence-electron chi connectivity index (χ3n) is 2.36. The van der Waals surface area contributed by atoms with E-state index in [-0.39, 0.29) is 0 Å². The van der Waals surface area contributed by atoms with Gasteiger partial charge in [-0.2, -0.15) is 0 Å². The van der Waals surface area contributed by atoms with Crippen molar-refractivity contribution in [1.29, 1.82) is 0 Å². The fourth-order valence-corrected chi connectivity index (χ4v) is 2.93. The number of hydrogen-bond acceptors (Lipinski definition) is 2. The summed E-state index contributed by atoms with van der Waals surface area (Å²) in [5.41, 5.74) is 0. The van der Waals surface area contributed by atoms with Crippen LogP contribution in [0, 0.1) is 5.92 Å². The Balaban J connectivity index is 2.21. The van der Waals surface area contributed by atoms with Crippen molar-refractivity contribution in [1.82, 2.24) is 5.32 Å². The van der Waals surface area contributed by atoms with E-state index in [1.807, 2.05) is 7.05 Å². The highest BCUT2D eigenvalue weighted by atomic mass is 32.2. The lowest BCUT2D eigenvalue weighted by Gasteiger charge is -2.13. The Morgan fingerprint density at radius 3 is 2.67 bits per heavy atom. The van der Waals surface area contributed by atoms with Crippen LogP contribution >= 0.6 is 0 Å². The standard InChI is InChI=1S/C9H19NOS/c1-3-6-12(11)7-9(10-2)8-4-5-8/h8-10H,3-7H2,1-2H3. The minimum Gasteiger partial charge on any atom is -0.316 e. The molecule has 12 heavy (non-hydrogen) atoms. The van der Waals surface area contributed by atoms with Gasteiger partial charge in [-0.05, 0) is 32.2 Å². The average molecular weight is 189 g/mol. The Morgan fingerprint density at radius 1 is 1.58 bits per heavy atom. The van der Waals surface area contributed by atoms with E-state index in [2.05, 4.69) is 12.2 Å². The second kappa shape index (κ2) is 4.97. The molecule has 1 aliphatic carbocycles. The highest BCUT2D eigenvalue weighted by Gasteiger charge is 2.30. The van der Waals surface area contributed by atoms with E-state index < -0.39 is 10.8 Å². The molecule has 3 heteroatoms. The molecule has 0 bridgehead atoms. The molecule has 1 N–H and O–H groups in total. The molecule has 0 aromatic rings. The number of rotatable bonds is 6. The first-order valence-corrected chi connectivity index (χ1v) is 6.29. The van der Waals surface area contributed by atoms with Gasteiger partial charge >= 0.3 is 0 Å². The van der Waals surface area contributed by atoms with Crippen molar-refractivity contribution in [3.05, 3.63) is 0 Å². The van der Waals surface area contributed by atoms with E-state index in [1.54, 1.807) is 0 Å². The van der Waals surface area contributed by atoms with Gasteiger partial charge in [0, 0.05) is 28.3 Å². The first-order chi connectivity index (χ1) is 5.77. The predicted molar refractivity (Wildman–Crippen MR) is 53.7 cm³/mol. The van der Waals surface area contributed by atoms with E-state index in [4.69, 9.17) is 0 Å². The zero-order chi connectivity index (χ0) is 8.97. The molecule has 2 unspecified atom stereocenters. The van der Waals surface area contributed by atoms with E-state index in [9.17, 15) is 4.21 Å².